The van der Waals surface area contributed by atoms with E-state index < -0.39 is 0 Å². The number of aromatic nitrogens is 4. The molecule has 4 aromatic heterocycles. The summed E-state index contributed by atoms with van der Waals surface area (Å²) in [5, 5.41) is 8.30. The van der Waals surface area contributed by atoms with Crippen LogP contribution in [-0.2, 0) is 9.31 Å². The highest BCUT2D eigenvalue weighted by Crippen LogP contribution is 2.36. The summed E-state index contributed by atoms with van der Waals surface area (Å²) in [6, 6.07) is 11.9. The van der Waals surface area contributed by atoms with Gasteiger partial charge in [0.1, 0.15) is 0 Å². The van der Waals surface area contributed by atoms with Gasteiger partial charge in [0.15, 0.2) is 0 Å². The van der Waals surface area contributed by atoms with Gasteiger partial charge in [0.05, 0.1) is 28.4 Å². The standard InChI is InChI=1S/C13H17BN2O2.C7H5BrN2/c1-12(2)13(3,4)18-14(17-12)10-6-5-9-16-11(10)7-8-15-16;8-6-2-1-5-10-7(6)3-4-9-10/h5-9H,1-4H3;1-5H. The molecule has 0 saturated carbocycles. The van der Waals surface area contributed by atoms with Crippen molar-refractivity contribution in [1.29, 1.82) is 0 Å². The van der Waals surface area contributed by atoms with Crippen LogP contribution in [0.25, 0.3) is 11.0 Å². The number of rotatable bonds is 1. The van der Waals surface area contributed by atoms with Crippen molar-refractivity contribution in [3.05, 3.63) is 65.7 Å². The molecule has 0 aliphatic carbocycles. The first-order chi connectivity index (χ1) is 13.3. The van der Waals surface area contributed by atoms with Crippen LogP contribution >= 0.6 is 15.9 Å². The van der Waals surface area contributed by atoms with Crippen molar-refractivity contribution < 1.29 is 9.31 Å². The summed E-state index contributed by atoms with van der Waals surface area (Å²) in [4.78, 5) is 0. The molecule has 5 rings (SSSR count). The van der Waals surface area contributed by atoms with Gasteiger partial charge < -0.3 is 9.31 Å². The predicted octanol–water partition coefficient (Wildman–Crippen LogP) is 3.73. The van der Waals surface area contributed by atoms with Gasteiger partial charge in [0.2, 0.25) is 0 Å². The van der Waals surface area contributed by atoms with E-state index >= 15 is 0 Å². The molecule has 1 aliphatic heterocycles. The molecule has 0 N–H and O–H groups in total. The smallest absolute Gasteiger partial charge is 0.399 e. The third-order valence-corrected chi connectivity index (χ3v) is 6.03. The fourth-order valence-corrected chi connectivity index (χ4v) is 3.53. The van der Waals surface area contributed by atoms with Gasteiger partial charge in [-0.2, -0.15) is 10.2 Å². The summed E-state index contributed by atoms with van der Waals surface area (Å²) in [6.07, 6.45) is 7.40. The summed E-state index contributed by atoms with van der Waals surface area (Å²) < 4.78 is 16.9. The zero-order valence-electron chi connectivity index (χ0n) is 16.3. The lowest BCUT2D eigenvalue weighted by Gasteiger charge is -2.32. The molecular formula is C20H22BBrN4O2. The number of hydrogen-bond donors (Lipinski definition) is 0. The molecule has 0 atom stereocenters. The summed E-state index contributed by atoms with van der Waals surface area (Å²) >= 11 is 3.42. The van der Waals surface area contributed by atoms with E-state index in [1.54, 1.807) is 12.4 Å². The van der Waals surface area contributed by atoms with Gasteiger partial charge in [0, 0.05) is 28.5 Å². The maximum absolute atomic E-state index is 6.06. The second-order valence-electron chi connectivity index (χ2n) is 7.73. The van der Waals surface area contributed by atoms with Crippen molar-refractivity contribution in [2.45, 2.75) is 38.9 Å². The molecule has 1 fully saturated rings. The highest BCUT2D eigenvalue weighted by Gasteiger charge is 2.52. The van der Waals surface area contributed by atoms with Gasteiger partial charge in [-0.15, -0.1) is 0 Å². The molecular weight excluding hydrogens is 419 g/mol. The molecule has 144 valence electrons. The molecule has 1 saturated heterocycles. The van der Waals surface area contributed by atoms with Crippen LogP contribution in [0.15, 0.2) is 65.7 Å². The first kappa shape index (κ1) is 19.2. The first-order valence-corrected chi connectivity index (χ1v) is 9.94. The molecule has 0 aromatic carbocycles. The van der Waals surface area contributed by atoms with E-state index in [0.29, 0.717) is 0 Å². The van der Waals surface area contributed by atoms with Crippen molar-refractivity contribution >= 4 is 39.5 Å². The van der Waals surface area contributed by atoms with E-state index in [9.17, 15) is 0 Å². The Morgan fingerprint density at radius 1 is 0.821 bits per heavy atom. The third kappa shape index (κ3) is 3.36. The molecule has 8 heteroatoms. The van der Waals surface area contributed by atoms with Gasteiger partial charge in [0.25, 0.3) is 0 Å². The highest BCUT2D eigenvalue weighted by molar-refractivity contribution is 9.10. The predicted molar refractivity (Wildman–Crippen MR) is 114 cm³/mol. The molecule has 0 bridgehead atoms. The van der Waals surface area contributed by atoms with Crippen LogP contribution in [0.4, 0.5) is 0 Å². The maximum atomic E-state index is 6.06. The van der Waals surface area contributed by atoms with Crippen molar-refractivity contribution in [2.24, 2.45) is 0 Å². The van der Waals surface area contributed by atoms with E-state index in [2.05, 4.69) is 53.8 Å². The summed E-state index contributed by atoms with van der Waals surface area (Å²) in [6.45, 7) is 8.24. The lowest BCUT2D eigenvalue weighted by atomic mass is 9.79. The van der Waals surface area contributed by atoms with E-state index in [1.807, 2.05) is 57.8 Å². The van der Waals surface area contributed by atoms with E-state index in [0.717, 1.165) is 21.0 Å². The van der Waals surface area contributed by atoms with Crippen LogP contribution < -0.4 is 5.46 Å². The molecule has 0 spiro atoms. The van der Waals surface area contributed by atoms with E-state index in [-0.39, 0.29) is 18.3 Å². The number of hydrogen-bond acceptors (Lipinski definition) is 4. The third-order valence-electron chi connectivity index (χ3n) is 5.36. The summed E-state index contributed by atoms with van der Waals surface area (Å²) in [5.74, 6) is 0. The van der Waals surface area contributed by atoms with Crippen LogP contribution in [-0.4, -0.2) is 37.5 Å². The van der Waals surface area contributed by atoms with E-state index in [4.69, 9.17) is 9.31 Å². The summed E-state index contributed by atoms with van der Waals surface area (Å²) in [7, 11) is -0.338. The Hall–Kier alpha value is -2.16. The van der Waals surface area contributed by atoms with Gasteiger partial charge in [-0.05, 0) is 74.0 Å². The molecule has 0 amide bonds. The van der Waals surface area contributed by atoms with Crippen LogP contribution in [0.1, 0.15) is 27.7 Å². The van der Waals surface area contributed by atoms with Crippen molar-refractivity contribution in [3.63, 3.8) is 0 Å². The normalized spacial score (nSPS) is 17.7. The van der Waals surface area contributed by atoms with Crippen LogP contribution in [0.3, 0.4) is 0 Å². The number of nitrogens with zero attached hydrogens (tertiary/aromatic N) is 4. The Morgan fingerprint density at radius 2 is 1.36 bits per heavy atom. The zero-order valence-corrected chi connectivity index (χ0v) is 17.9. The highest BCUT2D eigenvalue weighted by atomic mass is 79.9. The average molecular weight is 441 g/mol. The Balaban J connectivity index is 0.000000162. The first-order valence-electron chi connectivity index (χ1n) is 9.14. The molecule has 5 heterocycles. The zero-order chi connectivity index (χ0) is 19.9. The second-order valence-corrected chi connectivity index (χ2v) is 8.58. The maximum Gasteiger partial charge on any atom is 0.497 e. The quantitative estimate of drug-likeness (QED) is 0.423. The lowest BCUT2D eigenvalue weighted by Crippen LogP contribution is -2.41. The van der Waals surface area contributed by atoms with E-state index in [1.165, 1.54) is 0 Å². The minimum absolute atomic E-state index is 0.315. The molecule has 0 unspecified atom stereocenters. The second kappa shape index (κ2) is 7.02. The molecule has 1 aliphatic rings. The Labute approximate surface area is 172 Å². The Bertz CT molecular complexity index is 1110. The van der Waals surface area contributed by atoms with Gasteiger partial charge in [-0.1, -0.05) is 6.07 Å². The largest absolute Gasteiger partial charge is 0.497 e. The Morgan fingerprint density at radius 3 is 1.96 bits per heavy atom. The van der Waals surface area contributed by atoms with Crippen molar-refractivity contribution in [1.82, 2.24) is 19.2 Å². The lowest BCUT2D eigenvalue weighted by molar-refractivity contribution is 0.00578. The monoisotopic (exact) mass is 440 g/mol. The fraction of sp³-hybridized carbons (Fsp3) is 0.300. The van der Waals surface area contributed by atoms with Gasteiger partial charge in [-0.3, -0.25) is 0 Å². The molecule has 28 heavy (non-hydrogen) atoms. The van der Waals surface area contributed by atoms with Crippen LogP contribution in [0, 0.1) is 0 Å². The van der Waals surface area contributed by atoms with Gasteiger partial charge in [-0.25, -0.2) is 9.03 Å². The number of fused-ring (bicyclic) bond motifs is 2. The molecule has 0 radical (unpaired) electrons. The van der Waals surface area contributed by atoms with Crippen LogP contribution in [0.2, 0.25) is 0 Å². The van der Waals surface area contributed by atoms with Gasteiger partial charge >= 0.3 is 7.12 Å². The number of halogens is 1. The molecule has 4 aromatic rings. The fourth-order valence-electron chi connectivity index (χ4n) is 3.06. The van der Waals surface area contributed by atoms with Crippen molar-refractivity contribution in [2.75, 3.05) is 0 Å². The Kier molecular flexibility index (Phi) is 4.81. The minimum Gasteiger partial charge on any atom is -0.399 e. The average Bonchev–Trinajstić information content (AvgIpc) is 3.34. The molecule has 6 nitrogen and oxygen atoms in total. The number of pyridine rings is 2. The minimum atomic E-state index is -0.338. The topological polar surface area (TPSA) is 53.1 Å². The van der Waals surface area contributed by atoms with Crippen molar-refractivity contribution in [3.8, 4) is 0 Å². The summed E-state index contributed by atoms with van der Waals surface area (Å²) in [5.41, 5.74) is 2.52. The van der Waals surface area contributed by atoms with Crippen LogP contribution in [0.5, 0.6) is 0 Å². The SMILES string of the molecule is Brc1cccn2nccc12.CC1(C)OB(c2cccn3nccc23)OC1(C)C.